The predicted octanol–water partition coefficient (Wildman–Crippen LogP) is 4.12. The van der Waals surface area contributed by atoms with Crippen LogP contribution in [0.4, 0.5) is 0 Å². The summed E-state index contributed by atoms with van der Waals surface area (Å²) < 4.78 is 28.9. The Kier molecular flexibility index (Phi) is 8.25. The highest BCUT2D eigenvalue weighted by molar-refractivity contribution is 5.87. The molecule has 1 amide bonds. The largest absolute Gasteiger partial charge is 0.454 e. The number of carbonyl (C=O) groups is 1. The van der Waals surface area contributed by atoms with Crippen LogP contribution < -0.4 is 9.47 Å². The maximum Gasteiger partial charge on any atom is 0.260 e. The minimum atomic E-state index is -0.499. The van der Waals surface area contributed by atoms with E-state index in [1.54, 1.807) is 7.11 Å². The van der Waals surface area contributed by atoms with E-state index in [1.165, 1.54) is 6.08 Å². The molecule has 2 atom stereocenters. The van der Waals surface area contributed by atoms with Gasteiger partial charge in [0.05, 0.1) is 31.9 Å². The Balaban J connectivity index is 1.79. The lowest BCUT2D eigenvalue weighted by Crippen LogP contribution is -2.51. The molecule has 3 aliphatic heterocycles. The molecule has 3 heterocycles. The van der Waals surface area contributed by atoms with Gasteiger partial charge in [0, 0.05) is 19.2 Å². The van der Waals surface area contributed by atoms with Crippen LogP contribution in [0.25, 0.3) is 0 Å². The van der Waals surface area contributed by atoms with Crippen molar-refractivity contribution in [2.24, 2.45) is 0 Å². The van der Waals surface area contributed by atoms with E-state index in [0.29, 0.717) is 31.3 Å². The van der Waals surface area contributed by atoms with E-state index >= 15 is 0 Å². The second-order valence-electron chi connectivity index (χ2n) is 8.72. The number of benzene rings is 1. The van der Waals surface area contributed by atoms with E-state index < -0.39 is 6.29 Å². The van der Waals surface area contributed by atoms with E-state index in [2.05, 4.69) is 18.5 Å². The molecule has 2 saturated heterocycles. The number of unbranched alkanes of at least 4 members (excludes halogenated alkanes) is 1. The second kappa shape index (κ2) is 11.3. The van der Waals surface area contributed by atoms with E-state index in [9.17, 15) is 4.79 Å². The molecule has 1 aromatic rings. The highest BCUT2D eigenvalue weighted by atomic mass is 16.7. The summed E-state index contributed by atoms with van der Waals surface area (Å²) in [6.07, 6.45) is 6.55. The number of rotatable bonds is 10. The van der Waals surface area contributed by atoms with Crippen molar-refractivity contribution in [1.29, 1.82) is 0 Å². The van der Waals surface area contributed by atoms with E-state index in [-0.39, 0.29) is 24.8 Å². The van der Waals surface area contributed by atoms with Gasteiger partial charge in [-0.05, 0) is 49.5 Å². The Labute approximate surface area is 196 Å². The summed E-state index contributed by atoms with van der Waals surface area (Å²) >= 11 is 0. The van der Waals surface area contributed by atoms with Gasteiger partial charge in [0.25, 0.3) is 5.91 Å². The standard InChI is InChI=1S/C25H36N2O6/c1-4-6-10-21(27(24(28)5-2)26-11-7-9-18(26)16-29-3)19-14-22-23(33-17-32-22)15-20(19)25-30-12-8-13-31-25/h5,14-15,18,21,25H,2,4,6-13,16-17H2,1,3H3/t18-,21+/m0/s1. The van der Waals surface area contributed by atoms with Crippen LogP contribution in [-0.4, -0.2) is 62.2 Å². The summed E-state index contributed by atoms with van der Waals surface area (Å²) in [4.78, 5) is 13.4. The zero-order valence-corrected chi connectivity index (χ0v) is 19.8. The van der Waals surface area contributed by atoms with Crippen molar-refractivity contribution in [3.05, 3.63) is 35.9 Å². The third-order valence-electron chi connectivity index (χ3n) is 6.53. The Morgan fingerprint density at radius 2 is 2.03 bits per heavy atom. The summed E-state index contributed by atoms with van der Waals surface area (Å²) in [6, 6.07) is 3.89. The summed E-state index contributed by atoms with van der Waals surface area (Å²) in [6.45, 7) is 8.79. The fourth-order valence-corrected chi connectivity index (χ4v) is 4.96. The topological polar surface area (TPSA) is 69.7 Å². The van der Waals surface area contributed by atoms with Crippen molar-refractivity contribution in [3.8, 4) is 11.5 Å². The molecule has 33 heavy (non-hydrogen) atoms. The number of nitrogens with zero attached hydrogens (tertiary/aromatic N) is 2. The molecule has 182 valence electrons. The van der Waals surface area contributed by atoms with Gasteiger partial charge in [-0.15, -0.1) is 0 Å². The highest BCUT2D eigenvalue weighted by Gasteiger charge is 2.38. The number of hydrazine groups is 1. The first kappa shape index (κ1) is 24.0. The van der Waals surface area contributed by atoms with E-state index in [1.807, 2.05) is 17.1 Å². The number of carbonyl (C=O) groups excluding carboxylic acids is 1. The summed E-state index contributed by atoms with van der Waals surface area (Å²) in [5.41, 5.74) is 1.86. The zero-order valence-electron chi connectivity index (χ0n) is 19.8. The average Bonchev–Trinajstić information content (AvgIpc) is 3.50. The van der Waals surface area contributed by atoms with Crippen molar-refractivity contribution >= 4 is 5.91 Å². The number of hydrogen-bond donors (Lipinski definition) is 0. The minimum absolute atomic E-state index is 0.117. The molecule has 0 spiro atoms. The normalized spacial score (nSPS) is 21.8. The lowest BCUT2D eigenvalue weighted by molar-refractivity contribution is -0.184. The molecule has 0 unspecified atom stereocenters. The number of fused-ring (bicyclic) bond motifs is 1. The van der Waals surface area contributed by atoms with Crippen LogP contribution in [0.5, 0.6) is 11.5 Å². The Bertz CT molecular complexity index is 825. The maximum atomic E-state index is 13.4. The molecule has 2 fully saturated rings. The fraction of sp³-hybridized carbons (Fsp3) is 0.640. The number of ether oxygens (including phenoxy) is 5. The summed E-state index contributed by atoms with van der Waals surface area (Å²) in [5.74, 6) is 1.25. The number of methoxy groups -OCH3 is 1. The first-order valence-corrected chi connectivity index (χ1v) is 12.1. The first-order chi connectivity index (χ1) is 16.2. The van der Waals surface area contributed by atoms with E-state index in [0.717, 1.165) is 56.2 Å². The highest BCUT2D eigenvalue weighted by Crippen LogP contribution is 2.44. The van der Waals surface area contributed by atoms with Crippen molar-refractivity contribution in [1.82, 2.24) is 10.0 Å². The van der Waals surface area contributed by atoms with Crippen LogP contribution in [0.3, 0.4) is 0 Å². The molecule has 8 nitrogen and oxygen atoms in total. The third-order valence-corrected chi connectivity index (χ3v) is 6.53. The van der Waals surface area contributed by atoms with Crippen molar-refractivity contribution in [2.45, 2.75) is 63.8 Å². The number of amides is 1. The van der Waals surface area contributed by atoms with Gasteiger partial charge in [-0.2, -0.15) is 0 Å². The molecular formula is C25H36N2O6. The van der Waals surface area contributed by atoms with Crippen LogP contribution >= 0.6 is 0 Å². The van der Waals surface area contributed by atoms with Crippen LogP contribution in [-0.2, 0) is 19.0 Å². The van der Waals surface area contributed by atoms with Gasteiger partial charge in [0.2, 0.25) is 6.79 Å². The molecule has 0 bridgehead atoms. The van der Waals surface area contributed by atoms with Crippen molar-refractivity contribution in [2.75, 3.05) is 40.3 Å². The summed E-state index contributed by atoms with van der Waals surface area (Å²) in [7, 11) is 1.71. The van der Waals surface area contributed by atoms with Gasteiger partial charge in [-0.1, -0.05) is 26.3 Å². The monoisotopic (exact) mass is 460 g/mol. The molecule has 0 aromatic heterocycles. The van der Waals surface area contributed by atoms with Gasteiger partial charge >= 0.3 is 0 Å². The Morgan fingerprint density at radius 3 is 2.73 bits per heavy atom. The fourth-order valence-electron chi connectivity index (χ4n) is 4.96. The molecular weight excluding hydrogens is 424 g/mol. The maximum absolute atomic E-state index is 13.4. The van der Waals surface area contributed by atoms with Crippen molar-refractivity contribution < 1.29 is 28.5 Å². The molecule has 8 heteroatoms. The van der Waals surface area contributed by atoms with Gasteiger partial charge in [-0.3, -0.25) is 9.80 Å². The predicted molar refractivity (Wildman–Crippen MR) is 123 cm³/mol. The molecule has 0 aliphatic carbocycles. The second-order valence-corrected chi connectivity index (χ2v) is 8.72. The van der Waals surface area contributed by atoms with Crippen molar-refractivity contribution in [3.63, 3.8) is 0 Å². The van der Waals surface area contributed by atoms with Crippen LogP contribution in [0.15, 0.2) is 24.8 Å². The molecule has 0 N–H and O–H groups in total. The van der Waals surface area contributed by atoms with Crippen LogP contribution in [0, 0.1) is 0 Å². The van der Waals surface area contributed by atoms with Gasteiger partial charge < -0.3 is 23.7 Å². The molecule has 1 aromatic carbocycles. The molecule has 4 rings (SSSR count). The first-order valence-electron chi connectivity index (χ1n) is 12.1. The van der Waals surface area contributed by atoms with Gasteiger partial charge in [0.15, 0.2) is 17.8 Å². The van der Waals surface area contributed by atoms with Crippen LogP contribution in [0.1, 0.15) is 68.9 Å². The Morgan fingerprint density at radius 1 is 1.27 bits per heavy atom. The molecule has 0 radical (unpaired) electrons. The van der Waals surface area contributed by atoms with E-state index in [4.69, 9.17) is 23.7 Å². The summed E-state index contributed by atoms with van der Waals surface area (Å²) in [5, 5.41) is 4.06. The van der Waals surface area contributed by atoms with Crippen LogP contribution in [0.2, 0.25) is 0 Å². The molecule has 3 aliphatic rings. The molecule has 0 saturated carbocycles. The van der Waals surface area contributed by atoms with Gasteiger partial charge in [0.1, 0.15) is 0 Å². The lowest BCUT2D eigenvalue weighted by Gasteiger charge is -2.42. The SMILES string of the molecule is C=CC(=O)N([C@H](CCCC)c1cc2c(cc1C1OCCCO1)OCO2)N1CCC[C@H]1COC. The number of hydrogen-bond acceptors (Lipinski definition) is 7. The zero-order chi connectivity index (χ0) is 23.2. The lowest BCUT2D eigenvalue weighted by atomic mass is 9.94. The average molecular weight is 461 g/mol. The smallest absolute Gasteiger partial charge is 0.260 e. The quantitative estimate of drug-likeness (QED) is 0.487. The third kappa shape index (κ3) is 5.19. The Hall–Kier alpha value is -2.13. The minimum Gasteiger partial charge on any atom is -0.454 e. The van der Waals surface area contributed by atoms with Gasteiger partial charge in [-0.25, -0.2) is 5.01 Å².